The Morgan fingerprint density at radius 2 is 1.82 bits per heavy atom. The first-order valence-electron chi connectivity index (χ1n) is 5.06. The Hall–Kier alpha value is -1.55. The SMILES string of the molecule is Cc1c(N)cccc1Sc1ccc(F)c(F)c1. The molecule has 2 aromatic carbocycles. The van der Waals surface area contributed by atoms with E-state index < -0.39 is 11.6 Å². The Balaban J connectivity index is 2.31. The highest BCUT2D eigenvalue weighted by Gasteiger charge is 2.06. The van der Waals surface area contributed by atoms with Gasteiger partial charge in [-0.1, -0.05) is 17.8 Å². The quantitative estimate of drug-likeness (QED) is 0.816. The van der Waals surface area contributed by atoms with Crippen LogP contribution in [0.15, 0.2) is 46.2 Å². The second kappa shape index (κ2) is 4.75. The molecule has 17 heavy (non-hydrogen) atoms. The van der Waals surface area contributed by atoms with Crippen LogP contribution >= 0.6 is 11.8 Å². The van der Waals surface area contributed by atoms with Crippen molar-refractivity contribution in [2.24, 2.45) is 0 Å². The summed E-state index contributed by atoms with van der Waals surface area (Å²) in [6.07, 6.45) is 0. The van der Waals surface area contributed by atoms with Crippen molar-refractivity contribution in [1.29, 1.82) is 0 Å². The van der Waals surface area contributed by atoms with E-state index in [1.807, 2.05) is 25.1 Å². The average molecular weight is 251 g/mol. The van der Waals surface area contributed by atoms with Crippen LogP contribution < -0.4 is 5.73 Å². The molecule has 88 valence electrons. The Labute approximate surface area is 103 Å². The standard InChI is InChI=1S/C13H11F2NS/c1-8-12(16)3-2-4-13(8)17-9-5-6-10(14)11(15)7-9/h2-7H,16H2,1H3. The maximum absolute atomic E-state index is 13.0. The summed E-state index contributed by atoms with van der Waals surface area (Å²) < 4.78 is 25.8. The molecule has 0 spiro atoms. The lowest BCUT2D eigenvalue weighted by Crippen LogP contribution is -1.91. The summed E-state index contributed by atoms with van der Waals surface area (Å²) in [5.41, 5.74) is 7.42. The summed E-state index contributed by atoms with van der Waals surface area (Å²) in [6.45, 7) is 1.90. The minimum Gasteiger partial charge on any atom is -0.398 e. The van der Waals surface area contributed by atoms with Gasteiger partial charge < -0.3 is 5.73 Å². The van der Waals surface area contributed by atoms with Crippen molar-refractivity contribution in [2.45, 2.75) is 16.7 Å². The summed E-state index contributed by atoms with van der Waals surface area (Å²) >= 11 is 1.36. The second-order valence-corrected chi connectivity index (χ2v) is 4.76. The smallest absolute Gasteiger partial charge is 0.159 e. The first kappa shape index (κ1) is 11.9. The van der Waals surface area contributed by atoms with E-state index >= 15 is 0 Å². The van der Waals surface area contributed by atoms with Crippen molar-refractivity contribution >= 4 is 17.4 Å². The summed E-state index contributed by atoms with van der Waals surface area (Å²) in [5, 5.41) is 0. The molecular formula is C13H11F2NS. The number of rotatable bonds is 2. The highest BCUT2D eigenvalue weighted by molar-refractivity contribution is 7.99. The minimum atomic E-state index is -0.837. The zero-order chi connectivity index (χ0) is 12.4. The van der Waals surface area contributed by atoms with Crippen molar-refractivity contribution in [3.63, 3.8) is 0 Å². The molecule has 0 atom stereocenters. The molecule has 0 fully saturated rings. The number of nitrogens with two attached hydrogens (primary N) is 1. The normalized spacial score (nSPS) is 10.5. The molecule has 2 rings (SSSR count). The van der Waals surface area contributed by atoms with Gasteiger partial charge in [-0.05, 0) is 42.8 Å². The third kappa shape index (κ3) is 2.58. The summed E-state index contributed by atoms with van der Waals surface area (Å²) in [5.74, 6) is -1.67. The average Bonchev–Trinajstić information content (AvgIpc) is 2.30. The van der Waals surface area contributed by atoms with E-state index in [4.69, 9.17) is 5.73 Å². The molecule has 0 saturated heterocycles. The number of nitrogen functional groups attached to an aromatic ring is 1. The van der Waals surface area contributed by atoms with Crippen LogP contribution in [0.2, 0.25) is 0 Å². The van der Waals surface area contributed by atoms with Crippen LogP contribution in [-0.4, -0.2) is 0 Å². The Kier molecular flexibility index (Phi) is 3.33. The number of hydrogen-bond acceptors (Lipinski definition) is 2. The van der Waals surface area contributed by atoms with Crippen molar-refractivity contribution in [1.82, 2.24) is 0 Å². The number of hydrogen-bond donors (Lipinski definition) is 1. The first-order valence-corrected chi connectivity index (χ1v) is 5.87. The highest BCUT2D eigenvalue weighted by Crippen LogP contribution is 2.32. The van der Waals surface area contributed by atoms with Gasteiger partial charge in [0.05, 0.1) is 0 Å². The second-order valence-electron chi connectivity index (χ2n) is 3.65. The van der Waals surface area contributed by atoms with E-state index in [1.165, 1.54) is 17.8 Å². The third-order valence-corrected chi connectivity index (χ3v) is 3.60. The van der Waals surface area contributed by atoms with Gasteiger partial charge in [0, 0.05) is 15.5 Å². The lowest BCUT2D eigenvalue weighted by Gasteiger charge is -2.07. The maximum atomic E-state index is 13.0. The van der Waals surface area contributed by atoms with Gasteiger partial charge in [0.1, 0.15) is 0 Å². The molecule has 1 nitrogen and oxygen atoms in total. The molecular weight excluding hydrogens is 240 g/mol. The van der Waals surface area contributed by atoms with Crippen molar-refractivity contribution < 1.29 is 8.78 Å². The molecule has 0 aliphatic carbocycles. The van der Waals surface area contributed by atoms with E-state index in [0.717, 1.165) is 16.5 Å². The van der Waals surface area contributed by atoms with Crippen LogP contribution in [0, 0.1) is 18.6 Å². The Bertz CT molecular complexity index is 555. The fraction of sp³-hybridized carbons (Fsp3) is 0.0769. The molecule has 2 N–H and O–H groups in total. The van der Waals surface area contributed by atoms with Gasteiger partial charge in [0.25, 0.3) is 0 Å². The predicted octanol–water partition coefficient (Wildman–Crippen LogP) is 4.01. The molecule has 0 heterocycles. The first-order chi connectivity index (χ1) is 8.08. The molecule has 0 aliphatic heterocycles. The van der Waals surface area contributed by atoms with E-state index in [-0.39, 0.29) is 0 Å². The van der Waals surface area contributed by atoms with Gasteiger partial charge in [0.2, 0.25) is 0 Å². The predicted molar refractivity (Wildman–Crippen MR) is 66.1 cm³/mol. The van der Waals surface area contributed by atoms with Crippen LogP contribution in [0.4, 0.5) is 14.5 Å². The zero-order valence-electron chi connectivity index (χ0n) is 9.21. The van der Waals surface area contributed by atoms with Gasteiger partial charge in [0.15, 0.2) is 11.6 Å². The third-order valence-electron chi connectivity index (χ3n) is 2.44. The lowest BCUT2D eigenvalue weighted by molar-refractivity contribution is 0.506. The van der Waals surface area contributed by atoms with Gasteiger partial charge >= 0.3 is 0 Å². The van der Waals surface area contributed by atoms with E-state index in [2.05, 4.69) is 0 Å². The lowest BCUT2D eigenvalue weighted by atomic mass is 10.2. The fourth-order valence-corrected chi connectivity index (χ4v) is 2.38. The minimum absolute atomic E-state index is 0.651. The fourth-order valence-electron chi connectivity index (χ4n) is 1.41. The van der Waals surface area contributed by atoms with Crippen molar-refractivity contribution in [2.75, 3.05) is 5.73 Å². The van der Waals surface area contributed by atoms with Gasteiger partial charge in [-0.2, -0.15) is 0 Å². The molecule has 0 saturated carbocycles. The van der Waals surface area contributed by atoms with E-state index in [9.17, 15) is 8.78 Å². The number of benzene rings is 2. The summed E-state index contributed by atoms with van der Waals surface area (Å²) in [4.78, 5) is 1.59. The molecule has 0 aliphatic rings. The van der Waals surface area contributed by atoms with Crippen molar-refractivity contribution in [3.05, 3.63) is 53.6 Å². The van der Waals surface area contributed by atoms with Crippen LogP contribution in [0.3, 0.4) is 0 Å². The Morgan fingerprint density at radius 3 is 2.53 bits per heavy atom. The van der Waals surface area contributed by atoms with Gasteiger partial charge in [-0.15, -0.1) is 0 Å². The molecule has 4 heteroatoms. The Morgan fingerprint density at radius 1 is 1.06 bits per heavy atom. The molecule has 0 radical (unpaired) electrons. The molecule has 0 aromatic heterocycles. The van der Waals surface area contributed by atoms with Crippen LogP contribution in [0.5, 0.6) is 0 Å². The van der Waals surface area contributed by atoms with E-state index in [0.29, 0.717) is 10.6 Å². The monoisotopic (exact) mass is 251 g/mol. The zero-order valence-corrected chi connectivity index (χ0v) is 10.0. The van der Waals surface area contributed by atoms with Crippen LogP contribution in [-0.2, 0) is 0 Å². The largest absolute Gasteiger partial charge is 0.398 e. The number of halogens is 2. The molecule has 2 aromatic rings. The molecule has 0 amide bonds. The van der Waals surface area contributed by atoms with E-state index in [1.54, 1.807) is 6.07 Å². The van der Waals surface area contributed by atoms with Gasteiger partial charge in [-0.3, -0.25) is 0 Å². The molecule has 0 unspecified atom stereocenters. The van der Waals surface area contributed by atoms with Crippen molar-refractivity contribution in [3.8, 4) is 0 Å². The topological polar surface area (TPSA) is 26.0 Å². The number of anilines is 1. The van der Waals surface area contributed by atoms with Crippen LogP contribution in [0.25, 0.3) is 0 Å². The summed E-state index contributed by atoms with van der Waals surface area (Å²) in [7, 11) is 0. The maximum Gasteiger partial charge on any atom is 0.159 e. The van der Waals surface area contributed by atoms with Gasteiger partial charge in [-0.25, -0.2) is 8.78 Å². The van der Waals surface area contributed by atoms with Crippen LogP contribution in [0.1, 0.15) is 5.56 Å². The highest BCUT2D eigenvalue weighted by atomic mass is 32.2. The summed E-state index contributed by atoms with van der Waals surface area (Å²) in [6, 6.07) is 9.40. The molecule has 0 bridgehead atoms.